The molecule has 2 heterocycles. The molecule has 150 valence electrons. The maximum Gasteiger partial charge on any atom is 0.263 e. The van der Waals surface area contributed by atoms with E-state index in [1.54, 1.807) is 22.4 Å². The normalized spacial score (nSPS) is 12.9. The minimum Gasteiger partial charge on any atom is -0.272 e. The summed E-state index contributed by atoms with van der Waals surface area (Å²) in [5, 5.41) is 10.4. The Kier molecular flexibility index (Phi) is 4.07. The monoisotopic (exact) mass is 422 g/mol. The zero-order valence-electron chi connectivity index (χ0n) is 16.6. The molecule has 0 radical (unpaired) electrons. The molecule has 5 nitrogen and oxygen atoms in total. The van der Waals surface area contributed by atoms with E-state index in [9.17, 15) is 4.79 Å². The minimum atomic E-state index is -0.0801. The second kappa shape index (κ2) is 6.96. The minimum absolute atomic E-state index is 0.0801. The highest BCUT2D eigenvalue weighted by atomic mass is 32.2. The second-order valence-electron chi connectivity index (χ2n) is 7.51. The quantitative estimate of drug-likeness (QED) is 0.379. The summed E-state index contributed by atoms with van der Waals surface area (Å²) < 4.78 is 3.62. The number of hydrogen-bond donors (Lipinski definition) is 0. The SMILES string of the molecule is C=CCn1c(=O)c2ccccc2n2c(SC3c4ccccc4-c4ccccc43)nnc12. The molecule has 0 unspecified atom stereocenters. The van der Waals surface area contributed by atoms with E-state index in [2.05, 4.69) is 65.3 Å². The summed E-state index contributed by atoms with van der Waals surface area (Å²) >= 11 is 1.67. The van der Waals surface area contributed by atoms with Gasteiger partial charge in [0, 0.05) is 6.54 Å². The highest BCUT2D eigenvalue weighted by molar-refractivity contribution is 7.99. The number of nitrogens with zero attached hydrogens (tertiary/aromatic N) is 4. The van der Waals surface area contributed by atoms with Crippen molar-refractivity contribution in [3.8, 4) is 11.1 Å². The van der Waals surface area contributed by atoms with E-state index in [-0.39, 0.29) is 10.8 Å². The largest absolute Gasteiger partial charge is 0.272 e. The van der Waals surface area contributed by atoms with Gasteiger partial charge in [0.1, 0.15) is 0 Å². The molecule has 0 atom stereocenters. The van der Waals surface area contributed by atoms with Crippen LogP contribution in [0.3, 0.4) is 0 Å². The summed E-state index contributed by atoms with van der Waals surface area (Å²) in [7, 11) is 0. The van der Waals surface area contributed by atoms with Gasteiger partial charge in [-0.2, -0.15) is 0 Å². The first-order chi connectivity index (χ1) is 15.3. The molecule has 0 saturated carbocycles. The Bertz CT molecular complexity index is 1500. The van der Waals surface area contributed by atoms with Gasteiger partial charge in [-0.1, -0.05) is 78.5 Å². The fourth-order valence-electron chi connectivity index (χ4n) is 4.45. The third-order valence-corrected chi connectivity index (χ3v) is 7.01. The summed E-state index contributed by atoms with van der Waals surface area (Å²) in [4.78, 5) is 13.0. The van der Waals surface area contributed by atoms with E-state index >= 15 is 0 Å². The first kappa shape index (κ1) is 18.2. The van der Waals surface area contributed by atoms with Gasteiger partial charge in [0.05, 0.1) is 16.2 Å². The van der Waals surface area contributed by atoms with Crippen molar-refractivity contribution in [1.82, 2.24) is 19.2 Å². The van der Waals surface area contributed by atoms with Gasteiger partial charge < -0.3 is 0 Å². The van der Waals surface area contributed by atoms with Crippen LogP contribution in [0, 0.1) is 0 Å². The maximum absolute atomic E-state index is 13.0. The average Bonchev–Trinajstić information content (AvgIpc) is 3.37. The summed E-state index contributed by atoms with van der Waals surface area (Å²) in [6, 6.07) is 24.7. The lowest BCUT2D eigenvalue weighted by Crippen LogP contribution is -2.22. The zero-order chi connectivity index (χ0) is 20.9. The Hall–Kier alpha value is -3.64. The Labute approximate surface area is 182 Å². The Morgan fingerprint density at radius 2 is 1.55 bits per heavy atom. The summed E-state index contributed by atoms with van der Waals surface area (Å²) in [6.45, 7) is 4.18. The lowest BCUT2D eigenvalue weighted by molar-refractivity contribution is 0.783. The van der Waals surface area contributed by atoms with Crippen LogP contribution in [0.25, 0.3) is 27.8 Å². The Morgan fingerprint density at radius 3 is 2.26 bits per heavy atom. The predicted octanol–water partition coefficient (Wildman–Crippen LogP) is 5.09. The molecular weight excluding hydrogens is 404 g/mol. The number of aromatic nitrogens is 4. The molecule has 0 spiro atoms. The van der Waals surface area contributed by atoms with Gasteiger partial charge in [0.2, 0.25) is 5.78 Å². The van der Waals surface area contributed by atoms with E-state index in [1.165, 1.54) is 22.3 Å². The molecule has 6 heteroatoms. The molecule has 0 saturated heterocycles. The van der Waals surface area contributed by atoms with Gasteiger partial charge in [0.15, 0.2) is 5.16 Å². The lowest BCUT2D eigenvalue weighted by Gasteiger charge is -2.13. The summed E-state index contributed by atoms with van der Waals surface area (Å²) in [5.74, 6) is 0.533. The number of fused-ring (bicyclic) bond motifs is 6. The smallest absolute Gasteiger partial charge is 0.263 e. The number of rotatable bonds is 4. The van der Waals surface area contributed by atoms with Crippen molar-refractivity contribution in [3.63, 3.8) is 0 Å². The first-order valence-corrected chi connectivity index (χ1v) is 11.0. The van der Waals surface area contributed by atoms with Gasteiger partial charge in [-0.3, -0.25) is 13.8 Å². The van der Waals surface area contributed by atoms with E-state index in [1.807, 2.05) is 28.7 Å². The molecule has 0 amide bonds. The molecule has 6 rings (SSSR count). The van der Waals surface area contributed by atoms with Gasteiger partial charge in [0.25, 0.3) is 5.56 Å². The summed E-state index contributed by atoms with van der Waals surface area (Å²) in [5.41, 5.74) is 5.80. The maximum atomic E-state index is 13.0. The standard InChI is InChI=1S/C25H18N4OS/c1-2-15-28-23(30)20-13-7-8-14-21(20)29-24(28)26-27-25(29)31-22-18-11-5-3-9-16(18)17-10-4-6-12-19(17)22/h2-14,22H,1,15H2. The number of allylic oxidation sites excluding steroid dienone is 1. The summed E-state index contributed by atoms with van der Waals surface area (Å²) in [6.07, 6.45) is 1.71. The molecule has 3 aromatic carbocycles. The fourth-order valence-corrected chi connectivity index (χ4v) is 5.69. The third kappa shape index (κ3) is 2.61. The van der Waals surface area contributed by atoms with E-state index in [0.717, 1.165) is 10.7 Å². The van der Waals surface area contributed by atoms with Gasteiger partial charge in [-0.25, -0.2) is 0 Å². The Morgan fingerprint density at radius 1 is 0.903 bits per heavy atom. The van der Waals surface area contributed by atoms with Crippen LogP contribution in [0.4, 0.5) is 0 Å². The predicted molar refractivity (Wildman–Crippen MR) is 125 cm³/mol. The molecule has 1 aliphatic carbocycles. The van der Waals surface area contributed by atoms with Gasteiger partial charge in [-0.05, 0) is 34.4 Å². The fraction of sp³-hybridized carbons (Fsp3) is 0.0800. The van der Waals surface area contributed by atoms with Crippen molar-refractivity contribution in [3.05, 3.63) is 107 Å². The van der Waals surface area contributed by atoms with E-state index in [0.29, 0.717) is 17.7 Å². The van der Waals surface area contributed by atoms with Crippen LogP contribution in [0.2, 0.25) is 0 Å². The van der Waals surface area contributed by atoms with E-state index < -0.39 is 0 Å². The highest BCUT2D eigenvalue weighted by Crippen LogP contribution is 2.51. The number of thioether (sulfide) groups is 1. The second-order valence-corrected chi connectivity index (χ2v) is 8.58. The molecule has 31 heavy (non-hydrogen) atoms. The van der Waals surface area contributed by atoms with Crippen LogP contribution in [0.15, 0.2) is 95.4 Å². The topological polar surface area (TPSA) is 52.2 Å². The zero-order valence-corrected chi connectivity index (χ0v) is 17.4. The average molecular weight is 423 g/mol. The van der Waals surface area contributed by atoms with Gasteiger partial charge >= 0.3 is 0 Å². The molecule has 0 fully saturated rings. The molecule has 0 bridgehead atoms. The van der Waals surface area contributed by atoms with Crippen molar-refractivity contribution in [2.45, 2.75) is 17.0 Å². The van der Waals surface area contributed by atoms with Crippen molar-refractivity contribution >= 4 is 28.4 Å². The third-order valence-electron chi connectivity index (χ3n) is 5.79. The molecular formula is C25H18N4OS. The van der Waals surface area contributed by atoms with Crippen LogP contribution in [0.1, 0.15) is 16.4 Å². The van der Waals surface area contributed by atoms with Crippen LogP contribution in [-0.4, -0.2) is 19.2 Å². The van der Waals surface area contributed by atoms with Crippen molar-refractivity contribution in [2.75, 3.05) is 0 Å². The Balaban J connectivity index is 1.59. The molecule has 0 N–H and O–H groups in total. The number of hydrogen-bond acceptors (Lipinski definition) is 4. The van der Waals surface area contributed by atoms with Gasteiger partial charge in [-0.15, -0.1) is 16.8 Å². The molecule has 1 aliphatic rings. The molecule has 2 aromatic heterocycles. The first-order valence-electron chi connectivity index (χ1n) is 10.1. The van der Waals surface area contributed by atoms with Crippen LogP contribution >= 0.6 is 11.8 Å². The number of para-hydroxylation sites is 1. The van der Waals surface area contributed by atoms with Crippen LogP contribution < -0.4 is 5.56 Å². The highest BCUT2D eigenvalue weighted by Gasteiger charge is 2.30. The van der Waals surface area contributed by atoms with Crippen LogP contribution in [-0.2, 0) is 6.54 Å². The van der Waals surface area contributed by atoms with Crippen molar-refractivity contribution in [2.24, 2.45) is 0 Å². The van der Waals surface area contributed by atoms with Crippen molar-refractivity contribution in [1.29, 1.82) is 0 Å². The molecule has 0 aliphatic heterocycles. The van der Waals surface area contributed by atoms with Crippen molar-refractivity contribution < 1.29 is 0 Å². The molecule has 5 aromatic rings. The van der Waals surface area contributed by atoms with Crippen LogP contribution in [0.5, 0.6) is 0 Å². The van der Waals surface area contributed by atoms with E-state index in [4.69, 9.17) is 0 Å². The lowest BCUT2D eigenvalue weighted by atomic mass is 10.1. The number of benzene rings is 3.